The Morgan fingerprint density at radius 1 is 1.17 bits per heavy atom. The predicted molar refractivity (Wildman–Crippen MR) is 132 cm³/mol. The molecule has 0 aromatic carbocycles. The fraction of sp³-hybridized carbons (Fsp3) is 0.880. The van der Waals surface area contributed by atoms with E-state index in [1.165, 1.54) is 19.3 Å². The summed E-state index contributed by atoms with van der Waals surface area (Å²) in [6, 6.07) is 0. The Morgan fingerprint density at radius 2 is 1.86 bits per heavy atom. The zero-order valence-electron chi connectivity index (χ0n) is 19.6. The van der Waals surface area contributed by atoms with Crippen molar-refractivity contribution in [1.82, 2.24) is 0 Å². The molecule has 4 aliphatic rings. The molecule has 0 heterocycles. The number of fused-ring (bicyclic) bond motifs is 5. The van der Waals surface area contributed by atoms with E-state index in [2.05, 4.69) is 76.4 Å². The average molecular weight is 529 g/mol. The molecule has 0 aromatic heterocycles. The maximum absolute atomic E-state index is 12.7. The van der Waals surface area contributed by atoms with E-state index in [0.29, 0.717) is 33.1 Å². The highest BCUT2D eigenvalue weighted by Crippen LogP contribution is 2.65. The van der Waals surface area contributed by atoms with Crippen LogP contribution in [0.4, 0.5) is 0 Å². The summed E-state index contributed by atoms with van der Waals surface area (Å²) in [5.41, 5.74) is 1.95. The van der Waals surface area contributed by atoms with E-state index in [1.807, 2.05) is 0 Å². The lowest BCUT2D eigenvalue weighted by molar-refractivity contribution is -0.131. The number of ketones is 1. The summed E-state index contributed by atoms with van der Waals surface area (Å²) in [5.74, 6) is 2.60. The van der Waals surface area contributed by atoms with E-state index in [-0.39, 0.29) is 10.5 Å². The summed E-state index contributed by atoms with van der Waals surface area (Å²) in [6.45, 7) is 16.7. The van der Waals surface area contributed by atoms with Gasteiger partial charge < -0.3 is 4.43 Å². The topological polar surface area (TPSA) is 26.3 Å². The van der Waals surface area contributed by atoms with Gasteiger partial charge >= 0.3 is 0 Å². The van der Waals surface area contributed by atoms with Gasteiger partial charge in [-0.3, -0.25) is 4.79 Å². The van der Waals surface area contributed by atoms with Gasteiger partial charge in [0.1, 0.15) is 5.78 Å². The van der Waals surface area contributed by atoms with Crippen LogP contribution in [0.5, 0.6) is 0 Å². The number of alkyl halides is 1. The van der Waals surface area contributed by atoms with Crippen molar-refractivity contribution < 1.29 is 9.22 Å². The predicted octanol–water partition coefficient (Wildman–Crippen LogP) is 7.32. The Kier molecular flexibility index (Phi) is 5.56. The molecule has 0 unspecified atom stereocenters. The first-order valence-electron chi connectivity index (χ1n) is 11.8. The fourth-order valence-corrected chi connectivity index (χ4v) is 10.8. The molecular formula is C25H41IO2Si. The summed E-state index contributed by atoms with van der Waals surface area (Å²) >= 11 is 2.72. The van der Waals surface area contributed by atoms with Gasteiger partial charge in [0.05, 0.1) is 0 Å². The molecule has 3 fully saturated rings. The number of allylic oxidation sites excluding steroid dienone is 1. The van der Waals surface area contributed by atoms with Gasteiger partial charge in [0.2, 0.25) is 0 Å². The zero-order chi connectivity index (χ0) is 21.4. The second-order valence-electron chi connectivity index (χ2n) is 12.5. The molecule has 164 valence electrons. The number of carbonyl (C=O) groups is 1. The fourth-order valence-electron chi connectivity index (χ4n) is 7.15. The highest BCUT2D eigenvalue weighted by molar-refractivity contribution is 14.1. The first kappa shape index (κ1) is 22.5. The number of Topliss-reactive ketones (excluding diaryl/α,β-unsaturated/α-hetero) is 1. The molecule has 0 bridgehead atoms. The van der Waals surface area contributed by atoms with Crippen LogP contribution in [0.3, 0.4) is 0 Å². The van der Waals surface area contributed by atoms with Crippen LogP contribution in [0.2, 0.25) is 18.1 Å². The number of carbonyl (C=O) groups excluding carboxylic acids is 1. The van der Waals surface area contributed by atoms with E-state index >= 15 is 0 Å². The maximum Gasteiger partial charge on any atom is 0.192 e. The SMILES string of the molecule is CC(C)(C)[Si](C)(C)O[C@H]1CC[C@@]2(C)C(=CC[C@@H]3[C@@H]2[C@H](I)C[C@]2(C)C(=O)CC[C@@H]32)C1. The van der Waals surface area contributed by atoms with Crippen LogP contribution in [-0.4, -0.2) is 24.1 Å². The minimum atomic E-state index is -1.72. The van der Waals surface area contributed by atoms with Crippen molar-refractivity contribution in [2.75, 3.05) is 0 Å². The highest BCUT2D eigenvalue weighted by atomic mass is 127. The molecule has 0 amide bonds. The smallest absolute Gasteiger partial charge is 0.192 e. The zero-order valence-corrected chi connectivity index (χ0v) is 22.8. The molecular weight excluding hydrogens is 487 g/mol. The van der Waals surface area contributed by atoms with Crippen molar-refractivity contribution in [1.29, 1.82) is 0 Å². The van der Waals surface area contributed by atoms with Gasteiger partial charge in [-0.15, -0.1) is 0 Å². The van der Waals surface area contributed by atoms with Gasteiger partial charge in [-0.05, 0) is 79.8 Å². The van der Waals surface area contributed by atoms with E-state index in [9.17, 15) is 4.79 Å². The van der Waals surface area contributed by atoms with Crippen LogP contribution >= 0.6 is 22.6 Å². The van der Waals surface area contributed by atoms with Gasteiger partial charge in [0.25, 0.3) is 0 Å². The molecule has 4 aliphatic carbocycles. The molecule has 2 nitrogen and oxygen atoms in total. The minimum Gasteiger partial charge on any atom is -0.414 e. The minimum absolute atomic E-state index is 0.0443. The number of rotatable bonds is 2. The number of hydrogen-bond donors (Lipinski definition) is 0. The van der Waals surface area contributed by atoms with Crippen molar-refractivity contribution in [3.8, 4) is 0 Å². The second kappa shape index (κ2) is 7.16. The molecule has 0 aromatic rings. The van der Waals surface area contributed by atoms with Crippen LogP contribution in [0, 0.1) is 28.6 Å². The molecule has 29 heavy (non-hydrogen) atoms. The van der Waals surface area contributed by atoms with Crippen molar-refractivity contribution in [3.63, 3.8) is 0 Å². The quantitative estimate of drug-likeness (QED) is 0.162. The van der Waals surface area contributed by atoms with Gasteiger partial charge in [-0.1, -0.05) is 68.9 Å². The third-order valence-corrected chi connectivity index (χ3v) is 15.7. The molecule has 0 radical (unpaired) electrons. The van der Waals surface area contributed by atoms with E-state index in [4.69, 9.17) is 4.43 Å². The van der Waals surface area contributed by atoms with Crippen molar-refractivity contribution in [2.45, 2.75) is 108 Å². The van der Waals surface area contributed by atoms with E-state index < -0.39 is 8.32 Å². The second-order valence-corrected chi connectivity index (χ2v) is 18.9. The Morgan fingerprint density at radius 3 is 2.52 bits per heavy atom. The Bertz CT molecular complexity index is 723. The maximum atomic E-state index is 12.7. The molecule has 0 saturated heterocycles. The van der Waals surface area contributed by atoms with Gasteiger partial charge in [0, 0.05) is 21.9 Å². The highest BCUT2D eigenvalue weighted by Gasteiger charge is 2.61. The van der Waals surface area contributed by atoms with Gasteiger partial charge in [-0.2, -0.15) is 0 Å². The summed E-state index contributed by atoms with van der Waals surface area (Å²) in [5, 5.41) is 0.274. The molecule has 7 atom stereocenters. The Labute approximate surface area is 193 Å². The standard InChI is InChI=1S/C25H41IO2Si/c1-23(2,3)29(6,7)28-17-12-13-24(4)16(14-17)8-9-18-19-10-11-21(27)25(19,5)15-20(26)22(18)24/h8,17-20,22H,9-15H2,1-7H3/t17-,18-,19-,20+,22+,24-,25-/m0/s1. The largest absolute Gasteiger partial charge is 0.414 e. The van der Waals surface area contributed by atoms with Crippen molar-refractivity contribution in [3.05, 3.63) is 11.6 Å². The van der Waals surface area contributed by atoms with Crippen LogP contribution in [-0.2, 0) is 9.22 Å². The molecule has 4 heteroatoms. The van der Waals surface area contributed by atoms with Crippen molar-refractivity contribution >= 4 is 36.7 Å². The van der Waals surface area contributed by atoms with Crippen LogP contribution in [0.15, 0.2) is 11.6 Å². The Hall–Kier alpha value is 0.317. The molecule has 4 rings (SSSR count). The van der Waals surface area contributed by atoms with Crippen LogP contribution in [0.1, 0.15) is 79.6 Å². The first-order chi connectivity index (χ1) is 13.3. The third kappa shape index (κ3) is 3.46. The molecule has 0 N–H and O–H groups in total. The van der Waals surface area contributed by atoms with E-state index in [0.717, 1.165) is 31.6 Å². The lowest BCUT2D eigenvalue weighted by Crippen LogP contribution is -2.55. The molecule has 0 aliphatic heterocycles. The summed E-state index contributed by atoms with van der Waals surface area (Å²) in [6.07, 6.45) is 10.8. The van der Waals surface area contributed by atoms with Crippen molar-refractivity contribution in [2.24, 2.45) is 28.6 Å². The monoisotopic (exact) mass is 528 g/mol. The molecule has 0 spiro atoms. The van der Waals surface area contributed by atoms with Crippen LogP contribution < -0.4 is 0 Å². The molecule has 3 saturated carbocycles. The first-order valence-corrected chi connectivity index (χ1v) is 16.0. The van der Waals surface area contributed by atoms with Crippen LogP contribution in [0.25, 0.3) is 0 Å². The van der Waals surface area contributed by atoms with Gasteiger partial charge in [0.15, 0.2) is 8.32 Å². The summed E-state index contributed by atoms with van der Waals surface area (Å²) < 4.78 is 7.47. The normalized spacial score (nSPS) is 45.3. The number of hydrogen-bond acceptors (Lipinski definition) is 2. The Balaban J connectivity index is 1.57. The summed E-state index contributed by atoms with van der Waals surface area (Å²) in [4.78, 5) is 12.7. The lowest BCUT2D eigenvalue weighted by Gasteiger charge is -2.59. The van der Waals surface area contributed by atoms with E-state index in [1.54, 1.807) is 5.57 Å². The lowest BCUT2D eigenvalue weighted by atomic mass is 9.48. The summed E-state index contributed by atoms with van der Waals surface area (Å²) in [7, 11) is -1.72. The average Bonchev–Trinajstić information content (AvgIpc) is 2.88. The van der Waals surface area contributed by atoms with Gasteiger partial charge in [-0.25, -0.2) is 0 Å². The third-order valence-electron chi connectivity index (χ3n) is 9.93. The number of halogens is 1.